The van der Waals surface area contributed by atoms with Gasteiger partial charge in [0.25, 0.3) is 0 Å². The summed E-state index contributed by atoms with van der Waals surface area (Å²) in [6.45, 7) is 0.0506. The molecule has 2 aromatic heterocycles. The van der Waals surface area contributed by atoms with Crippen molar-refractivity contribution in [3.63, 3.8) is 0 Å². The smallest absolute Gasteiger partial charge is 0.408 e. The second-order valence-corrected chi connectivity index (χ2v) is 14.1. The molecule has 13 nitrogen and oxygen atoms in total. The first-order chi connectivity index (χ1) is 24.7. The number of allylic oxidation sites excluding steroid dienone is 1. The third-order valence-corrected chi connectivity index (χ3v) is 10.6. The summed E-state index contributed by atoms with van der Waals surface area (Å²) in [5.41, 5.74) is -0.797. The number of carboxylic acid groups (broad SMARTS) is 1. The van der Waals surface area contributed by atoms with E-state index in [-0.39, 0.29) is 31.4 Å². The summed E-state index contributed by atoms with van der Waals surface area (Å²) < 4.78 is 19.6. The maximum Gasteiger partial charge on any atom is 0.408 e. The summed E-state index contributed by atoms with van der Waals surface area (Å²) in [6.07, 6.45) is 13.6. The first-order valence-corrected chi connectivity index (χ1v) is 18.0. The Morgan fingerprint density at radius 2 is 1.80 bits per heavy atom. The lowest BCUT2D eigenvalue weighted by molar-refractivity contribution is -0.145. The highest BCUT2D eigenvalue weighted by Gasteiger charge is 2.61. The molecule has 51 heavy (non-hydrogen) atoms. The standard InChI is InChI=1S/C38H45N5O8/c1-49-26-15-16-28-30(19-26)39-33(42-17-9-10-18-42)21-32(28)50-27-20-31-34(44)41-38(36(46)47)22-24(38)11-5-3-2-4-6-14-29(35(45)43(31)23-27)40-37(48)51-25-12-7-8-13-25/h5,9-11,15-19,21,24-25,27,29,31H,2-4,6-8,12-14,20,22-23H2,1H3,(H,40,48)(H,41,44)(H,46,47)/b11-5-/t24?,27-,29+,31+,38?/m1/s1. The van der Waals surface area contributed by atoms with Crippen molar-refractivity contribution in [2.45, 2.75) is 100 Å². The number of methoxy groups -OCH3 is 1. The molecule has 13 heteroatoms. The number of benzene rings is 1. The number of hydrogen-bond acceptors (Lipinski definition) is 8. The Balaban J connectivity index is 1.20. The van der Waals surface area contributed by atoms with Crippen molar-refractivity contribution in [3.8, 4) is 17.3 Å². The normalized spacial score (nSPS) is 27.7. The second kappa shape index (κ2) is 14.7. The molecule has 2 aliphatic heterocycles. The molecule has 3 N–H and O–H groups in total. The predicted molar refractivity (Wildman–Crippen MR) is 187 cm³/mol. The molecule has 3 amide bonds. The van der Waals surface area contributed by atoms with Gasteiger partial charge in [-0.05, 0) is 75.6 Å². The number of amides is 3. The van der Waals surface area contributed by atoms with Crippen molar-refractivity contribution in [2.24, 2.45) is 5.92 Å². The van der Waals surface area contributed by atoms with E-state index in [1.54, 1.807) is 7.11 Å². The average molecular weight is 700 g/mol. The molecule has 0 bridgehead atoms. The Labute approximate surface area is 296 Å². The zero-order chi connectivity index (χ0) is 35.5. The molecule has 2 aliphatic carbocycles. The van der Waals surface area contributed by atoms with E-state index < -0.39 is 47.6 Å². The molecule has 5 atom stereocenters. The summed E-state index contributed by atoms with van der Waals surface area (Å²) in [4.78, 5) is 60.4. The highest BCUT2D eigenvalue weighted by molar-refractivity contribution is 5.96. The van der Waals surface area contributed by atoms with E-state index in [0.717, 1.165) is 50.3 Å². The van der Waals surface area contributed by atoms with Crippen LogP contribution in [0, 0.1) is 5.92 Å². The Morgan fingerprint density at radius 1 is 1.02 bits per heavy atom. The minimum Gasteiger partial charge on any atom is -0.497 e. The van der Waals surface area contributed by atoms with Gasteiger partial charge in [0.1, 0.15) is 47.1 Å². The monoisotopic (exact) mass is 699 g/mol. The molecule has 1 aromatic carbocycles. The lowest BCUT2D eigenvalue weighted by atomic mass is 10.0. The van der Waals surface area contributed by atoms with Gasteiger partial charge in [-0.3, -0.25) is 9.59 Å². The van der Waals surface area contributed by atoms with Gasteiger partial charge in [0, 0.05) is 42.3 Å². The minimum atomic E-state index is -1.43. The van der Waals surface area contributed by atoms with E-state index in [9.17, 15) is 24.3 Å². The van der Waals surface area contributed by atoms with Crippen LogP contribution in [-0.4, -0.2) is 86.9 Å². The lowest BCUT2D eigenvalue weighted by Crippen LogP contribution is -2.56. The van der Waals surface area contributed by atoms with Gasteiger partial charge in [-0.1, -0.05) is 25.0 Å². The topological polar surface area (TPSA) is 161 Å². The number of nitrogens with one attached hydrogen (secondary N) is 2. The zero-order valence-corrected chi connectivity index (χ0v) is 28.8. The molecular formula is C38H45N5O8. The Bertz CT molecular complexity index is 1800. The van der Waals surface area contributed by atoms with Crippen molar-refractivity contribution in [1.82, 2.24) is 25.1 Å². The van der Waals surface area contributed by atoms with Crippen LogP contribution in [0.25, 0.3) is 16.7 Å². The summed E-state index contributed by atoms with van der Waals surface area (Å²) in [6, 6.07) is 9.13. The molecule has 1 saturated heterocycles. The molecule has 0 spiro atoms. The van der Waals surface area contributed by atoms with E-state index in [4.69, 9.17) is 19.2 Å². The second-order valence-electron chi connectivity index (χ2n) is 14.1. The fourth-order valence-corrected chi connectivity index (χ4v) is 7.67. The van der Waals surface area contributed by atoms with Gasteiger partial charge in [0.2, 0.25) is 11.8 Å². The number of hydrogen-bond donors (Lipinski definition) is 3. The van der Waals surface area contributed by atoms with E-state index in [1.807, 2.05) is 65.5 Å². The van der Waals surface area contributed by atoms with Crippen LogP contribution in [0.4, 0.5) is 4.79 Å². The van der Waals surface area contributed by atoms with E-state index >= 15 is 0 Å². The third-order valence-electron chi connectivity index (χ3n) is 10.6. The summed E-state index contributed by atoms with van der Waals surface area (Å²) in [7, 11) is 1.58. The molecule has 2 saturated carbocycles. The SMILES string of the molecule is COc1ccc2c(O[C@@H]3C[C@H]4C(=O)NC5(C(=O)O)CC5/C=C\CCCCC[C@H](NC(=O)OC5CCCC5)C(=O)N4C3)cc(-n3cccc3)nc2c1. The molecule has 3 fully saturated rings. The van der Waals surface area contributed by atoms with Gasteiger partial charge in [0.15, 0.2) is 0 Å². The first kappa shape index (κ1) is 34.4. The van der Waals surface area contributed by atoms with Crippen LogP contribution in [-0.2, 0) is 19.1 Å². The summed E-state index contributed by atoms with van der Waals surface area (Å²) in [5, 5.41) is 16.6. The fraction of sp³-hybridized carbons (Fsp3) is 0.500. The van der Waals surface area contributed by atoms with Crippen LogP contribution in [0.2, 0.25) is 0 Å². The highest BCUT2D eigenvalue weighted by atomic mass is 16.6. The number of pyridine rings is 1. The van der Waals surface area contributed by atoms with Crippen molar-refractivity contribution in [1.29, 1.82) is 0 Å². The third kappa shape index (κ3) is 7.38. The van der Waals surface area contributed by atoms with Crippen molar-refractivity contribution >= 4 is 34.8 Å². The number of ether oxygens (including phenoxy) is 3. The minimum absolute atomic E-state index is 0.0506. The first-order valence-electron chi connectivity index (χ1n) is 18.0. The summed E-state index contributed by atoms with van der Waals surface area (Å²) >= 11 is 0. The van der Waals surface area contributed by atoms with Crippen LogP contribution in [0.5, 0.6) is 11.5 Å². The number of aliphatic carboxylic acids is 1. The van der Waals surface area contributed by atoms with Crippen molar-refractivity contribution in [3.05, 3.63) is 60.9 Å². The zero-order valence-electron chi connectivity index (χ0n) is 28.8. The van der Waals surface area contributed by atoms with Gasteiger partial charge in [-0.15, -0.1) is 0 Å². The number of carbonyl (C=O) groups is 4. The number of nitrogens with zero attached hydrogens (tertiary/aromatic N) is 3. The molecule has 4 aliphatic rings. The molecule has 270 valence electrons. The Hall–Kier alpha value is -5.07. The van der Waals surface area contributed by atoms with E-state index in [0.29, 0.717) is 35.7 Å². The molecule has 0 radical (unpaired) electrons. The average Bonchev–Trinajstić information content (AvgIpc) is 3.61. The predicted octanol–water partition coefficient (Wildman–Crippen LogP) is 4.90. The van der Waals surface area contributed by atoms with Gasteiger partial charge < -0.3 is 39.4 Å². The van der Waals surface area contributed by atoms with Crippen LogP contribution in [0.3, 0.4) is 0 Å². The molecule has 2 unspecified atom stereocenters. The van der Waals surface area contributed by atoms with E-state index in [2.05, 4.69) is 10.6 Å². The van der Waals surface area contributed by atoms with Gasteiger partial charge >= 0.3 is 12.1 Å². The van der Waals surface area contributed by atoms with E-state index in [1.165, 1.54) is 4.90 Å². The Morgan fingerprint density at radius 3 is 2.57 bits per heavy atom. The largest absolute Gasteiger partial charge is 0.497 e. The summed E-state index contributed by atoms with van der Waals surface area (Å²) in [5.74, 6) is -0.684. The number of fused-ring (bicyclic) bond motifs is 3. The van der Waals surface area contributed by atoms with Crippen molar-refractivity contribution in [2.75, 3.05) is 13.7 Å². The maximum atomic E-state index is 14.4. The van der Waals surface area contributed by atoms with Crippen LogP contribution < -0.4 is 20.1 Å². The molecule has 4 heterocycles. The van der Waals surface area contributed by atoms with Gasteiger partial charge in [-0.25, -0.2) is 14.6 Å². The fourth-order valence-electron chi connectivity index (χ4n) is 7.67. The maximum absolute atomic E-state index is 14.4. The molecule has 3 aromatic rings. The number of rotatable bonds is 7. The van der Waals surface area contributed by atoms with Gasteiger partial charge in [-0.2, -0.15) is 0 Å². The molecule has 7 rings (SSSR count). The van der Waals surface area contributed by atoms with Crippen molar-refractivity contribution < 1.29 is 38.5 Å². The Kier molecular flexibility index (Phi) is 9.88. The van der Waals surface area contributed by atoms with Crippen LogP contribution in [0.1, 0.15) is 70.6 Å². The van der Waals surface area contributed by atoms with Crippen LogP contribution in [0.15, 0.2) is 60.9 Å². The van der Waals surface area contributed by atoms with Gasteiger partial charge in [0.05, 0.1) is 19.2 Å². The number of aromatic nitrogens is 2. The highest BCUT2D eigenvalue weighted by Crippen LogP contribution is 2.45. The molecular weight excluding hydrogens is 654 g/mol. The lowest BCUT2D eigenvalue weighted by Gasteiger charge is -2.29. The number of carbonyl (C=O) groups excluding carboxylic acids is 3. The van der Waals surface area contributed by atoms with Crippen LogP contribution >= 0.6 is 0 Å². The number of alkyl carbamates (subject to hydrolysis) is 1. The number of carboxylic acids is 1. The quantitative estimate of drug-likeness (QED) is 0.292.